The standard InChI is InChI=1S/C10H17N3O2S/c1-7(2)6-13-10-4-3-8(5-9(10)11)16(12,14)15/h3-5,7,13H,6,11H2,1-2H3,(H2,12,14,15). The molecule has 16 heavy (non-hydrogen) atoms. The summed E-state index contributed by atoms with van der Waals surface area (Å²) < 4.78 is 22.1. The maximum Gasteiger partial charge on any atom is 0.238 e. The van der Waals surface area contributed by atoms with Crippen LogP contribution in [0.2, 0.25) is 0 Å². The quantitative estimate of drug-likeness (QED) is 0.687. The molecule has 1 aromatic rings. The van der Waals surface area contributed by atoms with Gasteiger partial charge in [0.15, 0.2) is 0 Å². The fourth-order valence-electron chi connectivity index (χ4n) is 1.19. The van der Waals surface area contributed by atoms with Crippen LogP contribution in [0.1, 0.15) is 13.8 Å². The van der Waals surface area contributed by atoms with E-state index in [-0.39, 0.29) is 4.90 Å². The molecular formula is C10H17N3O2S. The Bertz CT molecular complexity index is 469. The molecule has 0 aliphatic carbocycles. The first-order chi connectivity index (χ1) is 7.30. The van der Waals surface area contributed by atoms with Crippen LogP contribution in [-0.4, -0.2) is 15.0 Å². The summed E-state index contributed by atoms with van der Waals surface area (Å²) in [6.07, 6.45) is 0. The Morgan fingerprint density at radius 2 is 2.00 bits per heavy atom. The highest BCUT2D eigenvalue weighted by Crippen LogP contribution is 2.22. The van der Waals surface area contributed by atoms with E-state index in [9.17, 15) is 8.42 Å². The minimum Gasteiger partial charge on any atom is -0.397 e. The summed E-state index contributed by atoms with van der Waals surface area (Å²) in [6.45, 7) is 4.92. The number of nitrogen functional groups attached to an aromatic ring is 1. The minimum atomic E-state index is -3.68. The first kappa shape index (κ1) is 12.8. The van der Waals surface area contributed by atoms with Crippen molar-refractivity contribution in [3.8, 4) is 0 Å². The molecule has 0 aliphatic rings. The Morgan fingerprint density at radius 1 is 1.38 bits per heavy atom. The molecule has 6 heteroatoms. The average Bonchev–Trinajstić information content (AvgIpc) is 2.14. The third-order valence-electron chi connectivity index (χ3n) is 2.05. The van der Waals surface area contributed by atoms with E-state index in [4.69, 9.17) is 10.9 Å². The summed E-state index contributed by atoms with van der Waals surface area (Å²) in [7, 11) is -3.68. The van der Waals surface area contributed by atoms with Crippen molar-refractivity contribution in [3.05, 3.63) is 18.2 Å². The Morgan fingerprint density at radius 3 is 2.44 bits per heavy atom. The second-order valence-electron chi connectivity index (χ2n) is 4.07. The molecule has 1 aromatic carbocycles. The van der Waals surface area contributed by atoms with Crippen molar-refractivity contribution in [1.29, 1.82) is 0 Å². The molecule has 0 atom stereocenters. The molecule has 0 saturated heterocycles. The predicted molar refractivity (Wildman–Crippen MR) is 65.6 cm³/mol. The second kappa shape index (κ2) is 4.71. The molecule has 1 rings (SSSR count). The lowest BCUT2D eigenvalue weighted by atomic mass is 10.2. The zero-order valence-electron chi connectivity index (χ0n) is 9.40. The SMILES string of the molecule is CC(C)CNc1ccc(S(N)(=O)=O)cc1N. The summed E-state index contributed by atoms with van der Waals surface area (Å²) in [6, 6.07) is 4.42. The van der Waals surface area contributed by atoms with Crippen molar-refractivity contribution < 1.29 is 8.42 Å². The molecule has 0 saturated carbocycles. The van der Waals surface area contributed by atoms with E-state index in [0.717, 1.165) is 12.2 Å². The number of anilines is 2. The van der Waals surface area contributed by atoms with Gasteiger partial charge in [-0.05, 0) is 24.1 Å². The molecule has 90 valence electrons. The van der Waals surface area contributed by atoms with Crippen molar-refractivity contribution in [2.75, 3.05) is 17.6 Å². The van der Waals surface area contributed by atoms with E-state index in [1.807, 2.05) is 0 Å². The fourth-order valence-corrected chi connectivity index (χ4v) is 1.74. The van der Waals surface area contributed by atoms with Crippen LogP contribution in [0, 0.1) is 5.92 Å². The number of rotatable bonds is 4. The average molecular weight is 243 g/mol. The van der Waals surface area contributed by atoms with E-state index in [1.165, 1.54) is 12.1 Å². The lowest BCUT2D eigenvalue weighted by molar-refractivity contribution is 0.598. The highest BCUT2D eigenvalue weighted by atomic mass is 32.2. The third kappa shape index (κ3) is 3.39. The molecule has 0 fully saturated rings. The van der Waals surface area contributed by atoms with Gasteiger partial charge in [0.25, 0.3) is 0 Å². The Balaban J connectivity index is 2.92. The number of hydrogen-bond acceptors (Lipinski definition) is 4. The number of sulfonamides is 1. The van der Waals surface area contributed by atoms with Crippen LogP contribution in [-0.2, 0) is 10.0 Å². The number of nitrogens with one attached hydrogen (secondary N) is 1. The molecule has 5 N–H and O–H groups in total. The topological polar surface area (TPSA) is 98.2 Å². The summed E-state index contributed by atoms with van der Waals surface area (Å²) in [4.78, 5) is 0.0279. The largest absolute Gasteiger partial charge is 0.397 e. The van der Waals surface area contributed by atoms with Crippen LogP contribution in [0.4, 0.5) is 11.4 Å². The van der Waals surface area contributed by atoms with E-state index in [0.29, 0.717) is 11.6 Å². The van der Waals surface area contributed by atoms with Gasteiger partial charge in [-0.15, -0.1) is 0 Å². The van der Waals surface area contributed by atoms with E-state index in [1.54, 1.807) is 6.07 Å². The van der Waals surface area contributed by atoms with Gasteiger partial charge >= 0.3 is 0 Å². The first-order valence-corrected chi connectivity index (χ1v) is 6.51. The zero-order valence-corrected chi connectivity index (χ0v) is 10.2. The van der Waals surface area contributed by atoms with Crippen LogP contribution < -0.4 is 16.2 Å². The highest BCUT2D eigenvalue weighted by molar-refractivity contribution is 7.89. The van der Waals surface area contributed by atoms with Crippen LogP contribution in [0.5, 0.6) is 0 Å². The minimum absolute atomic E-state index is 0.0279. The molecule has 0 unspecified atom stereocenters. The van der Waals surface area contributed by atoms with Crippen LogP contribution in [0.25, 0.3) is 0 Å². The normalized spacial score (nSPS) is 11.8. The van der Waals surface area contributed by atoms with Crippen LogP contribution >= 0.6 is 0 Å². The number of primary sulfonamides is 1. The van der Waals surface area contributed by atoms with E-state index < -0.39 is 10.0 Å². The molecule has 5 nitrogen and oxygen atoms in total. The number of hydrogen-bond donors (Lipinski definition) is 3. The van der Waals surface area contributed by atoms with Gasteiger partial charge in [0.2, 0.25) is 10.0 Å². The van der Waals surface area contributed by atoms with Crippen molar-refractivity contribution in [3.63, 3.8) is 0 Å². The molecule has 0 amide bonds. The summed E-state index contributed by atoms with van der Waals surface area (Å²) in [5, 5.41) is 8.12. The molecule has 0 aliphatic heterocycles. The van der Waals surface area contributed by atoms with Gasteiger partial charge in [-0.1, -0.05) is 13.8 Å². The van der Waals surface area contributed by atoms with Crippen molar-refractivity contribution in [1.82, 2.24) is 0 Å². The number of nitrogens with two attached hydrogens (primary N) is 2. The highest BCUT2D eigenvalue weighted by Gasteiger charge is 2.09. The van der Waals surface area contributed by atoms with Gasteiger partial charge < -0.3 is 11.1 Å². The van der Waals surface area contributed by atoms with Crippen molar-refractivity contribution in [2.24, 2.45) is 11.1 Å². The third-order valence-corrected chi connectivity index (χ3v) is 2.96. The zero-order chi connectivity index (χ0) is 12.3. The molecular weight excluding hydrogens is 226 g/mol. The van der Waals surface area contributed by atoms with E-state index >= 15 is 0 Å². The van der Waals surface area contributed by atoms with Crippen molar-refractivity contribution in [2.45, 2.75) is 18.7 Å². The molecule has 0 spiro atoms. The van der Waals surface area contributed by atoms with Gasteiger partial charge in [-0.25, -0.2) is 13.6 Å². The second-order valence-corrected chi connectivity index (χ2v) is 5.63. The Kier molecular flexibility index (Phi) is 3.77. The smallest absolute Gasteiger partial charge is 0.238 e. The summed E-state index contributed by atoms with van der Waals surface area (Å²) in [5.41, 5.74) is 6.83. The first-order valence-electron chi connectivity index (χ1n) is 4.97. The maximum atomic E-state index is 11.1. The lowest BCUT2D eigenvalue weighted by Gasteiger charge is -2.12. The Labute approximate surface area is 95.9 Å². The fraction of sp³-hybridized carbons (Fsp3) is 0.400. The van der Waals surface area contributed by atoms with Gasteiger partial charge in [-0.2, -0.15) is 0 Å². The monoisotopic (exact) mass is 243 g/mol. The predicted octanol–water partition coefficient (Wildman–Crippen LogP) is 0.984. The summed E-state index contributed by atoms with van der Waals surface area (Å²) in [5.74, 6) is 0.484. The molecule has 0 aromatic heterocycles. The molecule has 0 bridgehead atoms. The van der Waals surface area contributed by atoms with E-state index in [2.05, 4.69) is 19.2 Å². The summed E-state index contributed by atoms with van der Waals surface area (Å²) >= 11 is 0. The van der Waals surface area contributed by atoms with Crippen molar-refractivity contribution >= 4 is 21.4 Å². The van der Waals surface area contributed by atoms with Gasteiger partial charge in [0, 0.05) is 6.54 Å². The lowest BCUT2D eigenvalue weighted by Crippen LogP contribution is -2.14. The number of benzene rings is 1. The Hall–Kier alpha value is -1.27. The molecule has 0 heterocycles. The maximum absolute atomic E-state index is 11.1. The van der Waals surface area contributed by atoms with Crippen LogP contribution in [0.15, 0.2) is 23.1 Å². The van der Waals surface area contributed by atoms with Gasteiger partial charge in [0.1, 0.15) is 0 Å². The van der Waals surface area contributed by atoms with Gasteiger partial charge in [0.05, 0.1) is 16.3 Å². The van der Waals surface area contributed by atoms with Gasteiger partial charge in [-0.3, -0.25) is 0 Å². The van der Waals surface area contributed by atoms with Crippen LogP contribution in [0.3, 0.4) is 0 Å². The molecule has 0 radical (unpaired) electrons.